The first-order valence-corrected chi connectivity index (χ1v) is 6.23. The van der Waals surface area contributed by atoms with Crippen molar-refractivity contribution in [1.29, 1.82) is 0 Å². The van der Waals surface area contributed by atoms with Crippen LogP contribution in [0.2, 0.25) is 0 Å². The van der Waals surface area contributed by atoms with Gasteiger partial charge < -0.3 is 15.2 Å². The second-order valence-corrected chi connectivity index (χ2v) is 4.43. The zero-order chi connectivity index (χ0) is 15.4. The first-order valence-electron chi connectivity index (χ1n) is 6.23. The van der Waals surface area contributed by atoms with E-state index in [1.807, 2.05) is 19.1 Å². The van der Waals surface area contributed by atoms with E-state index in [9.17, 15) is 15.2 Å². The molecule has 1 aromatic carbocycles. The second kappa shape index (κ2) is 6.08. The number of methoxy groups -OCH3 is 1. The van der Waals surface area contributed by atoms with E-state index in [2.05, 4.69) is 10.3 Å². The van der Waals surface area contributed by atoms with Crippen molar-refractivity contribution >= 4 is 11.5 Å². The van der Waals surface area contributed by atoms with Gasteiger partial charge in [-0.05, 0) is 25.1 Å². The maximum Gasteiger partial charge on any atom is 0.278 e. The molecule has 0 saturated heterocycles. The van der Waals surface area contributed by atoms with Crippen LogP contribution in [0.25, 0.3) is 0 Å². The lowest BCUT2D eigenvalue weighted by Gasteiger charge is -2.10. The van der Waals surface area contributed by atoms with Crippen LogP contribution >= 0.6 is 0 Å². The number of ether oxygens (including phenoxy) is 1. The number of anilines is 1. The molecule has 2 aromatic rings. The van der Waals surface area contributed by atoms with Crippen LogP contribution < -0.4 is 10.1 Å². The highest BCUT2D eigenvalue weighted by atomic mass is 16.6. The van der Waals surface area contributed by atoms with E-state index in [1.54, 1.807) is 6.07 Å². The van der Waals surface area contributed by atoms with Gasteiger partial charge in [-0.25, -0.2) is 4.98 Å². The average Bonchev–Trinajstić information content (AvgIpc) is 2.45. The Hall–Kier alpha value is -2.83. The van der Waals surface area contributed by atoms with Crippen LogP contribution in [-0.2, 0) is 6.54 Å². The minimum Gasteiger partial charge on any atom is -0.504 e. The average molecular weight is 289 g/mol. The van der Waals surface area contributed by atoms with E-state index >= 15 is 0 Å². The molecule has 0 fully saturated rings. The van der Waals surface area contributed by atoms with Crippen LogP contribution in [0.5, 0.6) is 11.5 Å². The minimum absolute atomic E-state index is 0.173. The van der Waals surface area contributed by atoms with Crippen molar-refractivity contribution in [2.75, 3.05) is 12.4 Å². The van der Waals surface area contributed by atoms with Crippen molar-refractivity contribution in [2.45, 2.75) is 13.5 Å². The largest absolute Gasteiger partial charge is 0.504 e. The summed E-state index contributed by atoms with van der Waals surface area (Å²) in [5.41, 5.74) is 1.07. The van der Waals surface area contributed by atoms with Crippen LogP contribution in [0.1, 0.15) is 11.3 Å². The van der Waals surface area contributed by atoms with Gasteiger partial charge in [0.1, 0.15) is 5.82 Å². The maximum atomic E-state index is 11.0. The topological polar surface area (TPSA) is 97.5 Å². The van der Waals surface area contributed by atoms with Crippen molar-refractivity contribution in [2.24, 2.45) is 0 Å². The van der Waals surface area contributed by atoms with E-state index in [-0.39, 0.29) is 23.7 Å². The minimum atomic E-state index is -0.542. The Labute approximate surface area is 121 Å². The van der Waals surface area contributed by atoms with Crippen LogP contribution in [0.4, 0.5) is 11.5 Å². The first kappa shape index (κ1) is 14.6. The molecule has 21 heavy (non-hydrogen) atoms. The molecule has 1 aromatic heterocycles. The number of phenols is 1. The summed E-state index contributed by atoms with van der Waals surface area (Å²) in [5.74, 6) is 0.549. The summed E-state index contributed by atoms with van der Waals surface area (Å²) < 4.78 is 4.98. The van der Waals surface area contributed by atoms with Gasteiger partial charge in [-0.3, -0.25) is 10.1 Å². The van der Waals surface area contributed by atoms with Crippen molar-refractivity contribution < 1.29 is 14.8 Å². The summed E-state index contributed by atoms with van der Waals surface area (Å²) in [7, 11) is 1.39. The summed E-state index contributed by atoms with van der Waals surface area (Å²) >= 11 is 0. The van der Waals surface area contributed by atoms with Gasteiger partial charge in [-0.1, -0.05) is 6.07 Å². The standard InChI is InChI=1S/C14H15N3O4/c1-9-4-3-5-14(16-9)15-8-10-6-13(21-2)12(18)7-11(10)17(19)20/h3-7,18H,8H2,1-2H3,(H,15,16). The lowest BCUT2D eigenvalue weighted by molar-refractivity contribution is -0.385. The van der Waals surface area contributed by atoms with Gasteiger partial charge >= 0.3 is 0 Å². The van der Waals surface area contributed by atoms with Crippen LogP contribution in [-0.4, -0.2) is 22.1 Å². The Morgan fingerprint density at radius 1 is 1.43 bits per heavy atom. The van der Waals surface area contributed by atoms with Gasteiger partial charge in [0, 0.05) is 12.2 Å². The van der Waals surface area contributed by atoms with Gasteiger partial charge in [-0.15, -0.1) is 0 Å². The summed E-state index contributed by atoms with van der Waals surface area (Å²) in [4.78, 5) is 14.8. The zero-order valence-electron chi connectivity index (χ0n) is 11.7. The van der Waals surface area contributed by atoms with E-state index < -0.39 is 4.92 Å². The van der Waals surface area contributed by atoms with Crippen molar-refractivity contribution in [3.63, 3.8) is 0 Å². The monoisotopic (exact) mass is 289 g/mol. The molecule has 0 aliphatic carbocycles. The Balaban J connectivity index is 2.27. The predicted octanol–water partition coefficient (Wildman–Crippen LogP) is 2.62. The fourth-order valence-electron chi connectivity index (χ4n) is 1.90. The number of phenolic OH excluding ortho intramolecular Hbond substituents is 1. The fraction of sp³-hybridized carbons (Fsp3) is 0.214. The number of hydrogen-bond acceptors (Lipinski definition) is 6. The normalized spacial score (nSPS) is 10.2. The number of benzene rings is 1. The van der Waals surface area contributed by atoms with Crippen LogP contribution in [0, 0.1) is 17.0 Å². The summed E-state index contributed by atoms with van der Waals surface area (Å²) in [6.07, 6.45) is 0. The van der Waals surface area contributed by atoms with Gasteiger partial charge in [0.05, 0.1) is 23.7 Å². The van der Waals surface area contributed by atoms with Crippen molar-refractivity contribution in [3.8, 4) is 11.5 Å². The van der Waals surface area contributed by atoms with E-state index in [0.717, 1.165) is 11.8 Å². The lowest BCUT2D eigenvalue weighted by atomic mass is 10.1. The van der Waals surface area contributed by atoms with E-state index in [1.165, 1.54) is 13.2 Å². The maximum absolute atomic E-state index is 11.0. The number of nitrogens with zero attached hydrogens (tertiary/aromatic N) is 2. The van der Waals surface area contributed by atoms with Crippen LogP contribution in [0.15, 0.2) is 30.3 Å². The number of nitrogens with one attached hydrogen (secondary N) is 1. The molecule has 7 heteroatoms. The molecule has 1 heterocycles. The molecule has 0 radical (unpaired) electrons. The number of nitro groups is 1. The number of aromatic nitrogens is 1. The molecule has 0 aliphatic rings. The molecule has 0 atom stereocenters. The summed E-state index contributed by atoms with van der Waals surface area (Å²) in [6, 6.07) is 8.00. The van der Waals surface area contributed by atoms with E-state index in [4.69, 9.17) is 4.74 Å². The summed E-state index contributed by atoms with van der Waals surface area (Å²) in [6.45, 7) is 2.06. The van der Waals surface area contributed by atoms with Gasteiger partial charge in [0.15, 0.2) is 11.5 Å². The molecule has 0 spiro atoms. The summed E-state index contributed by atoms with van der Waals surface area (Å²) in [5, 5.41) is 23.7. The van der Waals surface area contributed by atoms with Crippen LogP contribution in [0.3, 0.4) is 0 Å². The number of pyridine rings is 1. The van der Waals surface area contributed by atoms with Gasteiger partial charge in [0.2, 0.25) is 0 Å². The molecular formula is C14H15N3O4. The highest BCUT2D eigenvalue weighted by Gasteiger charge is 2.18. The highest BCUT2D eigenvalue weighted by Crippen LogP contribution is 2.33. The zero-order valence-corrected chi connectivity index (χ0v) is 11.7. The number of aryl methyl sites for hydroxylation is 1. The molecule has 0 amide bonds. The molecule has 0 aliphatic heterocycles. The van der Waals surface area contributed by atoms with Crippen molar-refractivity contribution in [1.82, 2.24) is 4.98 Å². The molecule has 2 N–H and O–H groups in total. The fourth-order valence-corrected chi connectivity index (χ4v) is 1.90. The Morgan fingerprint density at radius 2 is 2.19 bits per heavy atom. The SMILES string of the molecule is COc1cc(CNc2cccc(C)n2)c([N+](=O)[O-])cc1O. The predicted molar refractivity (Wildman–Crippen MR) is 77.6 cm³/mol. The number of rotatable bonds is 5. The Bertz CT molecular complexity index is 673. The molecule has 0 bridgehead atoms. The third-order valence-electron chi connectivity index (χ3n) is 2.93. The van der Waals surface area contributed by atoms with Gasteiger partial charge in [0.25, 0.3) is 5.69 Å². The highest BCUT2D eigenvalue weighted by molar-refractivity contribution is 5.54. The number of hydrogen-bond donors (Lipinski definition) is 2. The Kier molecular flexibility index (Phi) is 4.22. The van der Waals surface area contributed by atoms with Gasteiger partial charge in [-0.2, -0.15) is 0 Å². The second-order valence-electron chi connectivity index (χ2n) is 4.43. The van der Waals surface area contributed by atoms with E-state index in [0.29, 0.717) is 11.4 Å². The Morgan fingerprint density at radius 3 is 2.81 bits per heavy atom. The molecule has 110 valence electrons. The number of aromatic hydroxyl groups is 1. The lowest BCUT2D eigenvalue weighted by Crippen LogP contribution is -2.05. The molecule has 0 saturated carbocycles. The third kappa shape index (κ3) is 3.38. The van der Waals surface area contributed by atoms with Crippen molar-refractivity contribution in [3.05, 3.63) is 51.7 Å². The first-order chi connectivity index (χ1) is 10.0. The third-order valence-corrected chi connectivity index (χ3v) is 2.93. The quantitative estimate of drug-likeness (QED) is 0.648. The smallest absolute Gasteiger partial charge is 0.278 e. The number of nitro benzene ring substituents is 1. The molecular weight excluding hydrogens is 274 g/mol. The molecule has 7 nitrogen and oxygen atoms in total. The molecule has 2 rings (SSSR count). The molecule has 0 unspecified atom stereocenters.